The van der Waals surface area contributed by atoms with E-state index in [1.54, 1.807) is 0 Å². The first-order valence-electron chi connectivity index (χ1n) is 4.83. The minimum Gasteiger partial charge on any atom is -0.399 e. The minimum atomic E-state index is -0.973. The van der Waals surface area contributed by atoms with E-state index >= 15 is 0 Å². The molecule has 0 fully saturated rings. The molecule has 0 amide bonds. The highest BCUT2D eigenvalue weighted by Gasteiger charge is 2.04. The number of anilines is 3. The summed E-state index contributed by atoms with van der Waals surface area (Å²) in [5.41, 5.74) is 6.38. The zero-order valence-corrected chi connectivity index (χ0v) is 8.68. The first-order chi connectivity index (χ1) is 8.04. The summed E-state index contributed by atoms with van der Waals surface area (Å²) in [6.07, 6.45) is 0. The number of hydrogen-bond acceptors (Lipinski definition) is 2. The normalized spacial score (nSPS) is 10.3. The minimum absolute atomic E-state index is 0.245. The van der Waals surface area contributed by atoms with Gasteiger partial charge < -0.3 is 11.1 Å². The fourth-order valence-corrected chi connectivity index (χ4v) is 1.43. The highest BCUT2D eigenvalue weighted by Crippen LogP contribution is 2.21. The lowest BCUT2D eigenvalue weighted by molar-refractivity contribution is 0.509. The Labute approximate surface area is 95.9 Å². The van der Waals surface area contributed by atoms with E-state index in [0.29, 0.717) is 11.4 Å². The van der Waals surface area contributed by atoms with Gasteiger partial charge in [0.25, 0.3) is 0 Å². The van der Waals surface area contributed by atoms with E-state index in [1.807, 2.05) is 0 Å². The summed E-state index contributed by atoms with van der Waals surface area (Å²) in [6, 6.07) is 7.18. The van der Waals surface area contributed by atoms with Crippen LogP contribution in [-0.4, -0.2) is 0 Å². The second-order valence-electron chi connectivity index (χ2n) is 3.53. The summed E-state index contributed by atoms with van der Waals surface area (Å²) >= 11 is 0. The van der Waals surface area contributed by atoms with Crippen LogP contribution in [0, 0.1) is 17.5 Å². The van der Waals surface area contributed by atoms with Crippen molar-refractivity contribution in [3.63, 3.8) is 0 Å². The van der Waals surface area contributed by atoms with Gasteiger partial charge in [-0.05, 0) is 30.3 Å². The summed E-state index contributed by atoms with van der Waals surface area (Å²) in [5.74, 6) is -2.41. The van der Waals surface area contributed by atoms with Gasteiger partial charge in [0.1, 0.15) is 5.82 Å². The van der Waals surface area contributed by atoms with E-state index in [4.69, 9.17) is 5.73 Å². The molecule has 0 aromatic heterocycles. The predicted octanol–water partition coefficient (Wildman–Crippen LogP) is 3.43. The summed E-state index contributed by atoms with van der Waals surface area (Å²) in [4.78, 5) is 0. The lowest BCUT2D eigenvalue weighted by atomic mass is 10.2. The lowest BCUT2D eigenvalue weighted by Crippen LogP contribution is -1.95. The maximum atomic E-state index is 13.0. The van der Waals surface area contributed by atoms with E-state index in [9.17, 15) is 13.2 Å². The van der Waals surface area contributed by atoms with Gasteiger partial charge in [-0.1, -0.05) is 0 Å². The average molecular weight is 238 g/mol. The van der Waals surface area contributed by atoms with E-state index < -0.39 is 17.5 Å². The summed E-state index contributed by atoms with van der Waals surface area (Å²) in [6.45, 7) is 0. The molecule has 2 aromatic rings. The van der Waals surface area contributed by atoms with Gasteiger partial charge in [-0.25, -0.2) is 13.2 Å². The zero-order valence-electron chi connectivity index (χ0n) is 8.68. The van der Waals surface area contributed by atoms with Gasteiger partial charge in [0.05, 0.1) is 0 Å². The second-order valence-corrected chi connectivity index (χ2v) is 3.53. The fraction of sp³-hybridized carbons (Fsp3) is 0. The Morgan fingerprint density at radius 1 is 0.824 bits per heavy atom. The summed E-state index contributed by atoms with van der Waals surface area (Å²) < 4.78 is 38.6. The maximum absolute atomic E-state index is 13.0. The molecular weight excluding hydrogens is 229 g/mol. The molecule has 2 aromatic carbocycles. The van der Waals surface area contributed by atoms with Crippen LogP contribution in [-0.2, 0) is 0 Å². The van der Waals surface area contributed by atoms with Gasteiger partial charge in [0.15, 0.2) is 11.6 Å². The van der Waals surface area contributed by atoms with E-state index in [0.717, 1.165) is 18.2 Å². The number of halogens is 3. The number of rotatable bonds is 2. The van der Waals surface area contributed by atoms with Crippen molar-refractivity contribution < 1.29 is 13.2 Å². The van der Waals surface area contributed by atoms with Gasteiger partial charge in [-0.15, -0.1) is 0 Å². The molecule has 0 unspecified atom stereocenters. The zero-order chi connectivity index (χ0) is 12.4. The molecule has 0 aliphatic heterocycles. The molecule has 2 nitrogen and oxygen atoms in total. The smallest absolute Gasteiger partial charge is 0.160 e. The molecule has 0 heterocycles. The van der Waals surface area contributed by atoms with Crippen molar-refractivity contribution in [1.82, 2.24) is 0 Å². The van der Waals surface area contributed by atoms with Crippen LogP contribution in [0.3, 0.4) is 0 Å². The number of nitrogens with two attached hydrogens (primary N) is 1. The average Bonchev–Trinajstić information content (AvgIpc) is 2.22. The molecule has 0 aliphatic rings. The van der Waals surface area contributed by atoms with Crippen molar-refractivity contribution in [1.29, 1.82) is 0 Å². The molecule has 0 spiro atoms. The van der Waals surface area contributed by atoms with Crippen LogP contribution in [0.2, 0.25) is 0 Å². The van der Waals surface area contributed by atoms with Gasteiger partial charge in [0.2, 0.25) is 0 Å². The predicted molar refractivity (Wildman–Crippen MR) is 60.5 cm³/mol. The van der Waals surface area contributed by atoms with Gasteiger partial charge in [-0.2, -0.15) is 0 Å². The molecule has 5 heteroatoms. The van der Waals surface area contributed by atoms with Crippen LogP contribution in [0.4, 0.5) is 30.2 Å². The van der Waals surface area contributed by atoms with E-state index in [-0.39, 0.29) is 5.69 Å². The van der Waals surface area contributed by atoms with Crippen LogP contribution < -0.4 is 11.1 Å². The van der Waals surface area contributed by atoms with Gasteiger partial charge in [-0.3, -0.25) is 0 Å². The van der Waals surface area contributed by atoms with Crippen molar-refractivity contribution >= 4 is 17.1 Å². The van der Waals surface area contributed by atoms with Gasteiger partial charge >= 0.3 is 0 Å². The van der Waals surface area contributed by atoms with E-state index in [1.165, 1.54) is 18.2 Å². The number of benzene rings is 2. The van der Waals surface area contributed by atoms with Crippen molar-refractivity contribution in [2.24, 2.45) is 0 Å². The lowest BCUT2D eigenvalue weighted by Gasteiger charge is -2.07. The molecule has 0 saturated heterocycles. The first kappa shape index (κ1) is 11.3. The van der Waals surface area contributed by atoms with Gasteiger partial charge in [0, 0.05) is 23.1 Å². The SMILES string of the molecule is Nc1cc(F)cc(Nc2ccc(F)c(F)c2)c1. The highest BCUT2D eigenvalue weighted by atomic mass is 19.2. The Balaban J connectivity index is 2.28. The Morgan fingerprint density at radius 3 is 2.24 bits per heavy atom. The Kier molecular flexibility index (Phi) is 2.91. The molecule has 0 saturated carbocycles. The molecule has 2 rings (SSSR count). The maximum Gasteiger partial charge on any atom is 0.160 e. The van der Waals surface area contributed by atoms with Crippen LogP contribution in [0.1, 0.15) is 0 Å². The monoisotopic (exact) mass is 238 g/mol. The standard InChI is InChI=1S/C12H9F3N2/c13-7-3-8(16)5-10(4-7)17-9-1-2-11(14)12(15)6-9/h1-6,17H,16H2. The molecular formula is C12H9F3N2. The van der Waals surface area contributed by atoms with Crippen molar-refractivity contribution in [3.8, 4) is 0 Å². The molecule has 0 aliphatic carbocycles. The first-order valence-corrected chi connectivity index (χ1v) is 4.83. The Bertz CT molecular complexity index is 535. The summed E-state index contributed by atoms with van der Waals surface area (Å²) in [7, 11) is 0. The summed E-state index contributed by atoms with van der Waals surface area (Å²) in [5, 5.41) is 2.73. The van der Waals surface area contributed by atoms with E-state index in [2.05, 4.69) is 5.32 Å². The molecule has 0 bridgehead atoms. The van der Waals surface area contributed by atoms with Crippen LogP contribution in [0.25, 0.3) is 0 Å². The molecule has 88 valence electrons. The molecule has 0 radical (unpaired) electrons. The quantitative estimate of drug-likeness (QED) is 0.786. The number of nitrogens with one attached hydrogen (secondary N) is 1. The van der Waals surface area contributed by atoms with Crippen LogP contribution in [0.15, 0.2) is 36.4 Å². The van der Waals surface area contributed by atoms with Crippen molar-refractivity contribution in [3.05, 3.63) is 53.8 Å². The number of nitrogen functional groups attached to an aromatic ring is 1. The van der Waals surface area contributed by atoms with Crippen LogP contribution >= 0.6 is 0 Å². The third kappa shape index (κ3) is 2.69. The van der Waals surface area contributed by atoms with Crippen molar-refractivity contribution in [2.45, 2.75) is 0 Å². The van der Waals surface area contributed by atoms with Crippen molar-refractivity contribution in [2.75, 3.05) is 11.1 Å². The molecule has 0 atom stereocenters. The third-order valence-corrected chi connectivity index (χ3v) is 2.13. The third-order valence-electron chi connectivity index (χ3n) is 2.13. The highest BCUT2D eigenvalue weighted by molar-refractivity contribution is 5.63. The molecule has 3 N–H and O–H groups in total. The largest absolute Gasteiger partial charge is 0.399 e. The molecule has 17 heavy (non-hydrogen) atoms. The topological polar surface area (TPSA) is 38.0 Å². The Hall–Kier alpha value is -2.17. The second kappa shape index (κ2) is 4.37. The number of hydrogen-bond donors (Lipinski definition) is 2. The Morgan fingerprint density at radius 2 is 1.59 bits per heavy atom. The van der Waals surface area contributed by atoms with Crippen LogP contribution in [0.5, 0.6) is 0 Å². The fourth-order valence-electron chi connectivity index (χ4n) is 1.43.